The molecule has 0 aliphatic carbocycles. The molecule has 25 heteroatoms. The SMILES string of the molecule is CC[C@H](NCCCCC(=O)N[C@H](C(=O)N1C[C@H](O)C[C@H]1C(=O)N[C@@H](C)c1ccc(-c2scnc2C)cc1)C(C)(C)C)C(=O)N1[C@@H]2CC[C@H]1[C@H]1[C@H](C)Oc3nc(-c4cc(N)c(F)c(C)c4C(F)(F)F)c(F)c4nc(O[C@@H](C)[C@@H]5CCCN5C)nc(c34)N1C2. The van der Waals surface area contributed by atoms with Crippen molar-refractivity contribution < 1.29 is 55.7 Å². The third-order valence-corrected chi connectivity index (χ3v) is 19.2. The third-order valence-electron chi connectivity index (χ3n) is 18.2. The van der Waals surface area contributed by atoms with Crippen molar-refractivity contribution >= 4 is 57.4 Å². The van der Waals surface area contributed by atoms with Gasteiger partial charge in [0, 0.05) is 43.6 Å². The second-order valence-electron chi connectivity index (χ2n) is 25.2. The number of hydrogen-bond donors (Lipinski definition) is 5. The Morgan fingerprint density at radius 1 is 0.966 bits per heavy atom. The first-order chi connectivity index (χ1) is 41.2. The summed E-state index contributed by atoms with van der Waals surface area (Å²) in [5.74, 6) is -3.96. The van der Waals surface area contributed by atoms with Gasteiger partial charge in [0.15, 0.2) is 5.82 Å². The molecule has 19 nitrogen and oxygen atoms in total. The zero-order valence-corrected chi connectivity index (χ0v) is 51.7. The van der Waals surface area contributed by atoms with Crippen LogP contribution in [0.2, 0.25) is 0 Å². The molecule has 5 aliphatic rings. The molecule has 0 saturated carbocycles. The smallest absolute Gasteiger partial charge is 0.417 e. The van der Waals surface area contributed by atoms with Gasteiger partial charge in [-0.2, -0.15) is 23.1 Å². The first-order valence-corrected chi connectivity index (χ1v) is 31.1. The number of halogens is 5. The van der Waals surface area contributed by atoms with Crippen molar-refractivity contribution in [2.24, 2.45) is 5.41 Å². The van der Waals surface area contributed by atoms with Crippen LogP contribution in [0.5, 0.6) is 11.9 Å². The molecule has 6 N–H and O–H groups in total. The Bertz CT molecular complexity index is 3420. The number of anilines is 2. The molecule has 10 rings (SSSR count). The standard InChI is InChI=1S/C62H79F5N12O7S/c1-11-41(69-23-13-12-16-45(81)72-54(61(7,8)9)59(84)77-28-38(80)25-44(77)56(82)71-31(3)35-17-19-36(20-18-35)53-32(4)70-29-87-53)58(83)79-37-21-22-43(79)52-34(6)85-57-46-51(49(64)50(73-57)39-26-40(68)48(63)30(2)47(39)62(65,66)67)74-60(75-55(46)78(52)27-37)86-33(5)42-15-14-24-76(42)10/h17-20,26,29,31,33-34,37-38,41-44,52,54,69,80H,11-16,21-25,27-28,68H2,1-10H3,(H,71,82)(H,72,81)/t31-,33-,34-,37+,38+,41-,42-,43-,44-,52+,54+/m0/s1. The molecular formula is C62H79F5N12O7S. The highest BCUT2D eigenvalue weighted by molar-refractivity contribution is 7.13. The van der Waals surface area contributed by atoms with Gasteiger partial charge in [-0.05, 0) is 128 Å². The Morgan fingerprint density at radius 2 is 1.70 bits per heavy atom. The first kappa shape index (κ1) is 63.2. The second-order valence-corrected chi connectivity index (χ2v) is 26.1. The number of amides is 4. The predicted molar refractivity (Wildman–Crippen MR) is 320 cm³/mol. The van der Waals surface area contributed by atoms with Crippen LogP contribution >= 0.6 is 11.3 Å². The number of carbonyl (C=O) groups is 4. The molecule has 5 aliphatic heterocycles. The van der Waals surface area contributed by atoms with Crippen LogP contribution in [0, 0.1) is 30.9 Å². The number of carbonyl (C=O) groups excluding carboxylic acids is 4. The van der Waals surface area contributed by atoms with Crippen LogP contribution in [0.15, 0.2) is 35.8 Å². The largest absolute Gasteiger partial charge is 0.472 e. The monoisotopic (exact) mass is 1230 g/mol. The van der Waals surface area contributed by atoms with E-state index in [0.717, 1.165) is 54.1 Å². The maximum absolute atomic E-state index is 17.4. The molecule has 4 saturated heterocycles. The number of ether oxygens (including phenoxy) is 2. The Morgan fingerprint density at radius 3 is 2.36 bits per heavy atom. The molecule has 4 amide bonds. The molecule has 87 heavy (non-hydrogen) atoms. The Hall–Kier alpha value is -6.83. The van der Waals surface area contributed by atoms with E-state index in [2.05, 4.69) is 35.8 Å². The lowest BCUT2D eigenvalue weighted by atomic mass is 9.85. The summed E-state index contributed by atoms with van der Waals surface area (Å²) in [4.78, 5) is 83.4. The number of piperazine rings is 1. The van der Waals surface area contributed by atoms with E-state index in [1.54, 1.807) is 23.8 Å². The highest BCUT2D eigenvalue weighted by atomic mass is 32.1. The van der Waals surface area contributed by atoms with Crippen molar-refractivity contribution in [3.63, 3.8) is 0 Å². The Kier molecular flexibility index (Phi) is 18.1. The Balaban J connectivity index is 0.801. The molecule has 2 bridgehead atoms. The minimum absolute atomic E-state index is 0.0112. The van der Waals surface area contributed by atoms with E-state index in [9.17, 15) is 37.5 Å². The molecule has 470 valence electrons. The number of nitrogens with two attached hydrogens (primary N) is 1. The number of fused-ring (bicyclic) bond motifs is 5. The van der Waals surface area contributed by atoms with Crippen LogP contribution in [0.1, 0.15) is 135 Å². The highest BCUT2D eigenvalue weighted by Crippen LogP contribution is 2.49. The number of nitrogens with one attached hydrogen (secondary N) is 3. The van der Waals surface area contributed by atoms with E-state index in [-0.39, 0.29) is 72.9 Å². The summed E-state index contributed by atoms with van der Waals surface area (Å²) in [7, 11) is 1.97. The molecule has 11 atom stereocenters. The van der Waals surface area contributed by atoms with E-state index >= 15 is 8.78 Å². The van der Waals surface area contributed by atoms with Gasteiger partial charge in [0.25, 0.3) is 0 Å². The maximum atomic E-state index is 17.4. The van der Waals surface area contributed by atoms with Crippen LogP contribution < -0.4 is 36.1 Å². The van der Waals surface area contributed by atoms with Gasteiger partial charge in [0.1, 0.15) is 52.5 Å². The summed E-state index contributed by atoms with van der Waals surface area (Å²) < 4.78 is 90.1. The van der Waals surface area contributed by atoms with Crippen LogP contribution in [0.4, 0.5) is 33.5 Å². The van der Waals surface area contributed by atoms with E-state index in [0.29, 0.717) is 38.6 Å². The number of rotatable bonds is 18. The van der Waals surface area contributed by atoms with Gasteiger partial charge in [-0.1, -0.05) is 52.0 Å². The molecule has 4 fully saturated rings. The molecule has 2 aromatic carbocycles. The number of aromatic nitrogens is 4. The summed E-state index contributed by atoms with van der Waals surface area (Å²) >= 11 is 1.55. The minimum atomic E-state index is -5.14. The number of thiazole rings is 1. The van der Waals surface area contributed by atoms with E-state index in [4.69, 9.17) is 20.2 Å². The van der Waals surface area contributed by atoms with Gasteiger partial charge >= 0.3 is 12.2 Å². The molecule has 0 radical (unpaired) electrons. The number of benzene rings is 2. The number of likely N-dealkylation sites (N-methyl/N-ethyl adjacent to an activating group) is 1. The number of aryl methyl sites for hydroxylation is 1. The number of nitrogens with zero attached hydrogens (tertiary/aromatic N) is 8. The van der Waals surface area contributed by atoms with Crippen LogP contribution in [0.3, 0.4) is 0 Å². The second kappa shape index (κ2) is 25.0. The van der Waals surface area contributed by atoms with Crippen LogP contribution in [-0.4, -0.2) is 157 Å². The van der Waals surface area contributed by atoms with Crippen molar-refractivity contribution in [2.75, 3.05) is 43.9 Å². The molecular weight excluding hydrogens is 1150 g/mol. The summed E-state index contributed by atoms with van der Waals surface area (Å²) in [6.07, 6.45) is -2.93. The lowest BCUT2D eigenvalue weighted by molar-refractivity contribution is -0.144. The fraction of sp³-hybridized carbons (Fsp3) is 0.581. The molecule has 5 aromatic rings. The van der Waals surface area contributed by atoms with Gasteiger partial charge in [-0.25, -0.2) is 18.7 Å². The number of β-amino-alcohol motifs (C(OH)–C–C–N with tert-alkyl or cyclic N) is 1. The van der Waals surface area contributed by atoms with Crippen molar-refractivity contribution in [1.82, 2.24) is 50.6 Å². The lowest BCUT2D eigenvalue weighted by Crippen LogP contribution is -2.67. The number of aliphatic hydroxyl groups is 1. The summed E-state index contributed by atoms with van der Waals surface area (Å²) in [5, 5.41) is 20.2. The molecule has 0 spiro atoms. The number of pyridine rings is 1. The van der Waals surface area contributed by atoms with E-state index < -0.39 is 123 Å². The van der Waals surface area contributed by atoms with Crippen molar-refractivity contribution in [3.8, 4) is 33.6 Å². The van der Waals surface area contributed by atoms with Gasteiger partial charge in [-0.15, -0.1) is 11.3 Å². The number of nitrogen functional groups attached to an aromatic ring is 1. The number of unbranched alkanes of at least 4 members (excludes halogenated alkanes) is 1. The first-order valence-electron chi connectivity index (χ1n) is 30.2. The van der Waals surface area contributed by atoms with E-state index in [1.165, 1.54) is 4.90 Å². The van der Waals surface area contributed by atoms with Crippen LogP contribution in [0.25, 0.3) is 32.6 Å². The average Bonchev–Trinajstić information content (AvgIpc) is 2.04. The molecule has 0 unspecified atom stereocenters. The quantitative estimate of drug-likeness (QED) is 0.0315. The fourth-order valence-electron chi connectivity index (χ4n) is 13.7. The van der Waals surface area contributed by atoms with Gasteiger partial charge in [-0.3, -0.25) is 24.1 Å². The zero-order valence-electron chi connectivity index (χ0n) is 50.9. The summed E-state index contributed by atoms with van der Waals surface area (Å²) in [6.45, 7) is 17.1. The predicted octanol–water partition coefficient (Wildman–Crippen LogP) is 8.41. The maximum Gasteiger partial charge on any atom is 0.417 e. The van der Waals surface area contributed by atoms with Gasteiger partial charge in [0.2, 0.25) is 29.5 Å². The fourth-order valence-corrected chi connectivity index (χ4v) is 14.5. The third kappa shape index (κ3) is 12.5. The number of likely N-dealkylation sites (tertiary alicyclic amines) is 2. The molecule has 8 heterocycles. The highest BCUT2D eigenvalue weighted by Gasteiger charge is 2.54. The van der Waals surface area contributed by atoms with Crippen molar-refractivity contribution in [1.29, 1.82) is 0 Å². The topological polar surface area (TPSA) is 234 Å². The molecule has 3 aromatic heterocycles. The normalized spacial score (nSPS) is 23.4. The Labute approximate surface area is 507 Å². The lowest BCUT2D eigenvalue weighted by Gasteiger charge is -2.49. The van der Waals surface area contributed by atoms with E-state index in [1.807, 2.05) is 89.6 Å². The minimum Gasteiger partial charge on any atom is -0.472 e. The average molecular weight is 1230 g/mol. The summed E-state index contributed by atoms with van der Waals surface area (Å²) in [6, 6.07) is 3.96. The zero-order chi connectivity index (χ0) is 62.7. The number of alkyl halides is 3. The van der Waals surface area contributed by atoms with Gasteiger partial charge < -0.3 is 51.0 Å². The number of hydrogen-bond acceptors (Lipinski definition) is 16. The summed E-state index contributed by atoms with van der Waals surface area (Å²) in [5.41, 5.74) is 4.86. The van der Waals surface area contributed by atoms with Crippen LogP contribution in [-0.2, 0) is 25.4 Å². The number of aliphatic hydroxyl groups excluding tert-OH is 1. The van der Waals surface area contributed by atoms with Crippen molar-refractivity contribution in [2.45, 2.75) is 193 Å². The van der Waals surface area contributed by atoms with Crippen molar-refractivity contribution in [3.05, 3.63) is 69.9 Å². The van der Waals surface area contributed by atoms with Gasteiger partial charge in [0.05, 0.1) is 57.6 Å².